The highest BCUT2D eigenvalue weighted by Crippen LogP contribution is 2.38. The highest BCUT2D eigenvalue weighted by atomic mass is 16.1. The molecule has 1 aliphatic carbocycles. The average molecular weight is 455 g/mol. The summed E-state index contributed by atoms with van der Waals surface area (Å²) in [5.41, 5.74) is 3.32. The molecule has 4 nitrogen and oxygen atoms in total. The fraction of sp³-hybridized carbons (Fsp3) is 0.655. The van der Waals surface area contributed by atoms with Crippen molar-refractivity contribution in [2.24, 2.45) is 23.7 Å². The van der Waals surface area contributed by atoms with Crippen molar-refractivity contribution in [2.45, 2.75) is 99.3 Å². The zero-order valence-electron chi connectivity index (χ0n) is 21.5. The van der Waals surface area contributed by atoms with E-state index in [0.717, 1.165) is 42.4 Å². The Balaban J connectivity index is 2.31. The van der Waals surface area contributed by atoms with Crippen LogP contribution in [0.1, 0.15) is 118 Å². The lowest BCUT2D eigenvalue weighted by molar-refractivity contribution is -0.129. The predicted octanol–water partition coefficient (Wildman–Crippen LogP) is 6.74. The third kappa shape index (κ3) is 7.19. The second kappa shape index (κ2) is 12.4. The van der Waals surface area contributed by atoms with Crippen molar-refractivity contribution in [2.75, 3.05) is 0 Å². The van der Waals surface area contributed by atoms with E-state index in [4.69, 9.17) is 0 Å². The van der Waals surface area contributed by atoms with Crippen LogP contribution in [0.15, 0.2) is 12.1 Å². The van der Waals surface area contributed by atoms with Gasteiger partial charge in [0.05, 0.1) is 6.42 Å². The van der Waals surface area contributed by atoms with Crippen LogP contribution >= 0.6 is 0 Å². The van der Waals surface area contributed by atoms with Crippen LogP contribution in [0, 0.1) is 30.6 Å². The molecule has 1 aromatic carbocycles. The van der Waals surface area contributed by atoms with Gasteiger partial charge in [0, 0.05) is 29.9 Å². The summed E-state index contributed by atoms with van der Waals surface area (Å²) in [6, 6.07) is 3.81. The summed E-state index contributed by atoms with van der Waals surface area (Å²) in [4.78, 5) is 50.6. The molecule has 33 heavy (non-hydrogen) atoms. The second-order valence-corrected chi connectivity index (χ2v) is 10.5. The molecule has 0 spiro atoms. The van der Waals surface area contributed by atoms with Crippen LogP contribution in [0.4, 0.5) is 0 Å². The Morgan fingerprint density at radius 3 is 2.33 bits per heavy atom. The number of carbonyl (C=O) groups excluding carboxylic acids is 4. The maximum Gasteiger partial charge on any atom is 0.163 e. The first-order valence-corrected chi connectivity index (χ1v) is 12.8. The van der Waals surface area contributed by atoms with Crippen LogP contribution in [0.2, 0.25) is 0 Å². The van der Waals surface area contributed by atoms with Gasteiger partial charge in [0.25, 0.3) is 0 Å². The van der Waals surface area contributed by atoms with Gasteiger partial charge in [-0.1, -0.05) is 52.7 Å². The van der Waals surface area contributed by atoms with Crippen molar-refractivity contribution >= 4 is 23.1 Å². The number of fused-ring (bicyclic) bond motifs is 1. The molecule has 1 aromatic rings. The van der Waals surface area contributed by atoms with Gasteiger partial charge in [-0.15, -0.1) is 0 Å². The molecule has 4 heteroatoms. The quantitative estimate of drug-likeness (QED) is 0.244. The van der Waals surface area contributed by atoms with Crippen molar-refractivity contribution in [1.82, 2.24) is 0 Å². The first-order chi connectivity index (χ1) is 15.6. The van der Waals surface area contributed by atoms with Crippen LogP contribution in [0.25, 0.3) is 0 Å². The standard InChI is InChI=1S/C29H42O4/c1-7-9-22(23(8-2)27(32)14-20(6)30)15-21-16-25-24(26(31)13-10-18(3)4)12-11-19(5)29(25)28(33)17-21/h11-12,18,21-23H,7-10,13-17H2,1-6H3. The average Bonchev–Trinajstić information content (AvgIpc) is 2.72. The first-order valence-electron chi connectivity index (χ1n) is 12.8. The Hall–Kier alpha value is -2.10. The molecule has 182 valence electrons. The van der Waals surface area contributed by atoms with E-state index in [-0.39, 0.29) is 47.3 Å². The van der Waals surface area contributed by atoms with Gasteiger partial charge in [0.15, 0.2) is 11.6 Å². The predicted molar refractivity (Wildman–Crippen MR) is 133 cm³/mol. The minimum Gasteiger partial charge on any atom is -0.300 e. The van der Waals surface area contributed by atoms with Gasteiger partial charge >= 0.3 is 0 Å². The molecule has 0 saturated carbocycles. The number of hydrogen-bond donors (Lipinski definition) is 0. The van der Waals surface area contributed by atoms with Crippen LogP contribution in [-0.2, 0) is 16.0 Å². The molecule has 1 aliphatic rings. The van der Waals surface area contributed by atoms with E-state index >= 15 is 0 Å². The third-order valence-electron chi connectivity index (χ3n) is 7.16. The van der Waals surface area contributed by atoms with Crippen molar-refractivity contribution in [1.29, 1.82) is 0 Å². The van der Waals surface area contributed by atoms with Gasteiger partial charge in [-0.3, -0.25) is 19.2 Å². The lowest BCUT2D eigenvalue weighted by Crippen LogP contribution is -2.30. The van der Waals surface area contributed by atoms with Gasteiger partial charge < -0.3 is 0 Å². The summed E-state index contributed by atoms with van der Waals surface area (Å²) < 4.78 is 0. The number of aryl methyl sites for hydroxylation is 1. The molecule has 0 aliphatic heterocycles. The van der Waals surface area contributed by atoms with Gasteiger partial charge in [-0.25, -0.2) is 0 Å². The molecule has 0 radical (unpaired) electrons. The monoisotopic (exact) mass is 454 g/mol. The summed E-state index contributed by atoms with van der Waals surface area (Å²) in [7, 11) is 0. The fourth-order valence-electron chi connectivity index (χ4n) is 5.56. The number of benzene rings is 1. The van der Waals surface area contributed by atoms with Gasteiger partial charge in [-0.2, -0.15) is 0 Å². The molecule has 0 fully saturated rings. The summed E-state index contributed by atoms with van der Waals surface area (Å²) in [6.45, 7) is 11.8. The molecule has 0 heterocycles. The van der Waals surface area contributed by atoms with E-state index in [9.17, 15) is 19.2 Å². The smallest absolute Gasteiger partial charge is 0.163 e. The zero-order valence-corrected chi connectivity index (χ0v) is 21.5. The van der Waals surface area contributed by atoms with Crippen LogP contribution in [0.5, 0.6) is 0 Å². The fourth-order valence-corrected chi connectivity index (χ4v) is 5.56. The maximum absolute atomic E-state index is 13.2. The number of rotatable bonds is 13. The summed E-state index contributed by atoms with van der Waals surface area (Å²) >= 11 is 0. The summed E-state index contributed by atoms with van der Waals surface area (Å²) in [6.07, 6.45) is 5.89. The van der Waals surface area contributed by atoms with E-state index < -0.39 is 0 Å². The van der Waals surface area contributed by atoms with Gasteiger partial charge in [0.2, 0.25) is 0 Å². The normalized spacial score (nSPS) is 17.5. The first kappa shape index (κ1) is 27.1. The molecule has 3 atom stereocenters. The Labute approximate surface area is 199 Å². The molecule has 2 rings (SSSR count). The molecular weight excluding hydrogens is 412 g/mol. The van der Waals surface area contributed by atoms with Crippen LogP contribution in [-0.4, -0.2) is 23.1 Å². The highest BCUT2D eigenvalue weighted by molar-refractivity contribution is 6.05. The van der Waals surface area contributed by atoms with Gasteiger partial charge in [-0.05, 0) is 68.4 Å². The van der Waals surface area contributed by atoms with Crippen LogP contribution in [0.3, 0.4) is 0 Å². The maximum atomic E-state index is 13.2. The van der Waals surface area contributed by atoms with Crippen molar-refractivity contribution < 1.29 is 19.2 Å². The van der Waals surface area contributed by atoms with Crippen molar-refractivity contribution in [3.63, 3.8) is 0 Å². The number of ketones is 4. The lowest BCUT2D eigenvalue weighted by atomic mass is 9.71. The zero-order chi connectivity index (χ0) is 24.7. The van der Waals surface area contributed by atoms with E-state index in [2.05, 4.69) is 20.8 Å². The minimum atomic E-state index is -0.144. The Morgan fingerprint density at radius 1 is 1.06 bits per heavy atom. The molecule has 0 aromatic heterocycles. The molecule has 0 N–H and O–H groups in total. The summed E-state index contributed by atoms with van der Waals surface area (Å²) in [5, 5.41) is 0. The van der Waals surface area contributed by atoms with Crippen LogP contribution < -0.4 is 0 Å². The Bertz CT molecular complexity index is 880. The Morgan fingerprint density at radius 2 is 1.76 bits per heavy atom. The van der Waals surface area contributed by atoms with Gasteiger partial charge in [0.1, 0.15) is 11.6 Å². The number of Topliss-reactive ketones (excluding diaryl/α,β-unsaturated/α-hetero) is 4. The largest absolute Gasteiger partial charge is 0.300 e. The molecular formula is C29H42O4. The van der Waals surface area contributed by atoms with E-state index in [1.807, 2.05) is 26.0 Å². The van der Waals surface area contributed by atoms with E-state index in [0.29, 0.717) is 37.2 Å². The molecule has 3 unspecified atom stereocenters. The number of hydrogen-bond acceptors (Lipinski definition) is 4. The van der Waals surface area contributed by atoms with E-state index in [1.54, 1.807) is 0 Å². The molecule has 0 bridgehead atoms. The Kier molecular flexibility index (Phi) is 10.2. The van der Waals surface area contributed by atoms with Crippen molar-refractivity contribution in [3.8, 4) is 0 Å². The summed E-state index contributed by atoms with van der Waals surface area (Å²) in [5.74, 6) is 0.794. The van der Waals surface area contributed by atoms with Crippen molar-refractivity contribution in [3.05, 3.63) is 34.4 Å². The number of carbonyl (C=O) groups is 4. The highest BCUT2D eigenvalue weighted by Gasteiger charge is 2.34. The topological polar surface area (TPSA) is 68.3 Å². The van der Waals surface area contributed by atoms with E-state index in [1.165, 1.54) is 6.92 Å². The SMILES string of the molecule is CCCC(CC1CC(=O)c2c(C)ccc(C(=O)CCC(C)C)c2C1)C(CC)C(=O)CC(C)=O. The minimum absolute atomic E-state index is 0.00114. The lowest BCUT2D eigenvalue weighted by Gasteiger charge is -2.32. The molecule has 0 saturated heterocycles. The second-order valence-electron chi connectivity index (χ2n) is 10.5. The molecule has 0 amide bonds. The third-order valence-corrected chi connectivity index (χ3v) is 7.16.